The molecule has 0 saturated heterocycles. The van der Waals surface area contributed by atoms with Crippen molar-refractivity contribution in [2.75, 3.05) is 14.2 Å². The van der Waals surface area contributed by atoms with Crippen LogP contribution in [-0.2, 0) is 0 Å². The van der Waals surface area contributed by atoms with Gasteiger partial charge in [0, 0.05) is 5.56 Å². The fourth-order valence-electron chi connectivity index (χ4n) is 1.56. The van der Waals surface area contributed by atoms with Gasteiger partial charge in [-0.2, -0.15) is 0 Å². The minimum absolute atomic E-state index is 0. The van der Waals surface area contributed by atoms with Crippen molar-refractivity contribution in [3.8, 4) is 11.5 Å². The van der Waals surface area contributed by atoms with Gasteiger partial charge in [0.1, 0.15) is 11.5 Å². The Bertz CT molecular complexity index is 347. The zero-order valence-electron chi connectivity index (χ0n) is 10.3. The molecule has 0 unspecified atom stereocenters. The van der Waals surface area contributed by atoms with Gasteiger partial charge in [-0.1, -0.05) is 6.92 Å². The fourth-order valence-corrected chi connectivity index (χ4v) is 1.56. The Hall–Kier alpha value is -0.970. The molecule has 0 fully saturated rings. The first kappa shape index (κ1) is 16.0. The lowest BCUT2D eigenvalue weighted by Gasteiger charge is -2.20. The van der Waals surface area contributed by atoms with Gasteiger partial charge < -0.3 is 20.3 Å². The van der Waals surface area contributed by atoms with Gasteiger partial charge in [0.05, 0.1) is 26.4 Å². The number of ether oxygens (including phenoxy) is 2. The molecule has 3 N–H and O–H groups in total. The second-order valence-electron chi connectivity index (χ2n) is 3.61. The lowest BCUT2D eigenvalue weighted by Crippen LogP contribution is -2.25. The normalized spacial score (nSPS) is 13.5. The molecule has 0 bridgehead atoms. The Labute approximate surface area is 108 Å². The quantitative estimate of drug-likeness (QED) is 0.850. The first-order valence-corrected chi connectivity index (χ1v) is 5.29. The van der Waals surface area contributed by atoms with E-state index >= 15 is 0 Å². The van der Waals surface area contributed by atoms with Crippen molar-refractivity contribution in [3.05, 3.63) is 23.8 Å². The molecule has 98 valence electrons. The van der Waals surface area contributed by atoms with Gasteiger partial charge >= 0.3 is 0 Å². The van der Waals surface area contributed by atoms with Crippen molar-refractivity contribution < 1.29 is 14.6 Å². The highest BCUT2D eigenvalue weighted by atomic mass is 35.5. The minimum atomic E-state index is -0.582. The third-order valence-corrected chi connectivity index (χ3v) is 2.63. The van der Waals surface area contributed by atoms with Gasteiger partial charge in [-0.25, -0.2) is 0 Å². The zero-order valence-corrected chi connectivity index (χ0v) is 11.2. The Morgan fingerprint density at radius 1 is 1.29 bits per heavy atom. The molecule has 0 aromatic heterocycles. The Kier molecular flexibility index (Phi) is 6.95. The number of aliphatic hydroxyl groups excluding tert-OH is 1. The summed E-state index contributed by atoms with van der Waals surface area (Å²) in [4.78, 5) is 0. The molecule has 17 heavy (non-hydrogen) atoms. The van der Waals surface area contributed by atoms with Gasteiger partial charge in [0.25, 0.3) is 0 Å². The van der Waals surface area contributed by atoms with E-state index in [4.69, 9.17) is 15.2 Å². The highest BCUT2D eigenvalue weighted by Crippen LogP contribution is 2.30. The number of halogens is 1. The lowest BCUT2D eigenvalue weighted by molar-refractivity contribution is 0.139. The first-order chi connectivity index (χ1) is 7.63. The average Bonchev–Trinajstić information content (AvgIpc) is 2.35. The Morgan fingerprint density at radius 2 is 1.94 bits per heavy atom. The summed E-state index contributed by atoms with van der Waals surface area (Å²) in [5, 5.41) is 9.74. The van der Waals surface area contributed by atoms with E-state index in [2.05, 4.69) is 0 Å². The summed E-state index contributed by atoms with van der Waals surface area (Å²) in [6, 6.07) is 4.92. The second-order valence-corrected chi connectivity index (χ2v) is 3.61. The van der Waals surface area contributed by atoms with Crippen LogP contribution >= 0.6 is 12.4 Å². The molecule has 0 amide bonds. The number of rotatable bonds is 5. The van der Waals surface area contributed by atoms with E-state index < -0.39 is 12.1 Å². The summed E-state index contributed by atoms with van der Waals surface area (Å²) < 4.78 is 10.3. The van der Waals surface area contributed by atoms with Crippen molar-refractivity contribution in [2.45, 2.75) is 25.5 Å². The maximum absolute atomic E-state index is 9.74. The average molecular weight is 262 g/mol. The molecule has 1 aromatic rings. The molecule has 0 heterocycles. The predicted octanol–water partition coefficient (Wildman–Crippen LogP) is 1.90. The van der Waals surface area contributed by atoms with Crippen LogP contribution in [0.1, 0.15) is 24.9 Å². The fraction of sp³-hybridized carbons (Fsp3) is 0.500. The summed E-state index contributed by atoms with van der Waals surface area (Å²) in [5.41, 5.74) is 6.72. The number of benzene rings is 1. The van der Waals surface area contributed by atoms with Crippen LogP contribution in [0.2, 0.25) is 0 Å². The van der Waals surface area contributed by atoms with Crippen LogP contribution < -0.4 is 15.2 Å². The lowest BCUT2D eigenvalue weighted by atomic mass is 9.99. The van der Waals surface area contributed by atoms with Crippen molar-refractivity contribution in [1.82, 2.24) is 0 Å². The SMILES string of the molecule is CC[C@H](O)[C@H](N)c1cc(OC)ccc1OC.Cl. The molecule has 0 aliphatic heterocycles. The number of hydrogen-bond donors (Lipinski definition) is 2. The van der Waals surface area contributed by atoms with Crippen LogP contribution in [0.15, 0.2) is 18.2 Å². The largest absolute Gasteiger partial charge is 0.497 e. The van der Waals surface area contributed by atoms with Crippen LogP contribution in [0, 0.1) is 0 Å². The highest BCUT2D eigenvalue weighted by molar-refractivity contribution is 5.85. The standard InChI is InChI=1S/C12H19NO3.ClH/c1-4-10(14)12(13)9-7-8(15-2)5-6-11(9)16-3;/h5-7,10,12,14H,4,13H2,1-3H3;1H/t10-,12+;/m0./s1. The molecule has 0 saturated carbocycles. The summed E-state index contributed by atoms with van der Waals surface area (Å²) in [7, 11) is 3.17. The summed E-state index contributed by atoms with van der Waals surface area (Å²) >= 11 is 0. The minimum Gasteiger partial charge on any atom is -0.497 e. The number of hydrogen-bond acceptors (Lipinski definition) is 4. The summed E-state index contributed by atoms with van der Waals surface area (Å²) in [6.07, 6.45) is 0.0163. The number of methoxy groups -OCH3 is 2. The molecular formula is C12H20ClNO3. The van der Waals surface area contributed by atoms with E-state index in [9.17, 15) is 5.11 Å². The molecule has 4 nitrogen and oxygen atoms in total. The summed E-state index contributed by atoms with van der Waals surface area (Å²) in [5.74, 6) is 1.37. The van der Waals surface area contributed by atoms with Gasteiger partial charge in [-0.15, -0.1) is 12.4 Å². The maximum Gasteiger partial charge on any atom is 0.123 e. The van der Waals surface area contributed by atoms with Gasteiger partial charge in [0.2, 0.25) is 0 Å². The van der Waals surface area contributed by atoms with E-state index in [0.717, 1.165) is 5.56 Å². The van der Waals surface area contributed by atoms with Crippen molar-refractivity contribution in [1.29, 1.82) is 0 Å². The molecule has 0 radical (unpaired) electrons. The van der Waals surface area contributed by atoms with Gasteiger partial charge in [-0.3, -0.25) is 0 Å². The molecule has 0 spiro atoms. The van der Waals surface area contributed by atoms with E-state index in [1.165, 1.54) is 0 Å². The van der Waals surface area contributed by atoms with Crippen molar-refractivity contribution in [2.24, 2.45) is 5.73 Å². The monoisotopic (exact) mass is 261 g/mol. The Balaban J connectivity index is 0.00000256. The number of aliphatic hydroxyl groups is 1. The smallest absolute Gasteiger partial charge is 0.123 e. The van der Waals surface area contributed by atoms with Crippen LogP contribution in [0.5, 0.6) is 11.5 Å². The highest BCUT2D eigenvalue weighted by Gasteiger charge is 2.19. The van der Waals surface area contributed by atoms with E-state index in [1.807, 2.05) is 6.92 Å². The summed E-state index contributed by atoms with van der Waals surface area (Å²) in [6.45, 7) is 1.89. The molecule has 0 aliphatic rings. The maximum atomic E-state index is 9.74. The van der Waals surface area contributed by atoms with Crippen molar-refractivity contribution in [3.63, 3.8) is 0 Å². The van der Waals surface area contributed by atoms with Crippen LogP contribution in [-0.4, -0.2) is 25.4 Å². The van der Waals surface area contributed by atoms with Gasteiger partial charge in [-0.05, 0) is 24.6 Å². The molecule has 2 atom stereocenters. The molecule has 0 aliphatic carbocycles. The van der Waals surface area contributed by atoms with E-state index in [1.54, 1.807) is 32.4 Å². The zero-order chi connectivity index (χ0) is 12.1. The van der Waals surface area contributed by atoms with Crippen LogP contribution in [0.4, 0.5) is 0 Å². The van der Waals surface area contributed by atoms with E-state index in [-0.39, 0.29) is 12.4 Å². The molecular weight excluding hydrogens is 242 g/mol. The van der Waals surface area contributed by atoms with Gasteiger partial charge in [0.15, 0.2) is 0 Å². The first-order valence-electron chi connectivity index (χ1n) is 5.29. The van der Waals surface area contributed by atoms with Crippen molar-refractivity contribution >= 4 is 12.4 Å². The molecule has 1 rings (SSSR count). The second kappa shape index (κ2) is 7.37. The third-order valence-electron chi connectivity index (χ3n) is 2.63. The third kappa shape index (κ3) is 3.77. The van der Waals surface area contributed by atoms with Crippen LogP contribution in [0.3, 0.4) is 0 Å². The molecule has 1 aromatic carbocycles. The van der Waals surface area contributed by atoms with E-state index in [0.29, 0.717) is 17.9 Å². The topological polar surface area (TPSA) is 64.7 Å². The predicted molar refractivity (Wildman–Crippen MR) is 70.0 cm³/mol. The van der Waals surface area contributed by atoms with Crippen LogP contribution in [0.25, 0.3) is 0 Å². The number of nitrogens with two attached hydrogens (primary N) is 1. The Morgan fingerprint density at radius 3 is 2.41 bits per heavy atom. The molecule has 5 heteroatoms.